The second kappa shape index (κ2) is 4.45. The number of halogens is 1. The Morgan fingerprint density at radius 1 is 1.33 bits per heavy atom. The van der Waals surface area contributed by atoms with Gasteiger partial charge in [0.15, 0.2) is 0 Å². The highest BCUT2D eigenvalue weighted by molar-refractivity contribution is 9.10. The van der Waals surface area contributed by atoms with Gasteiger partial charge in [-0.25, -0.2) is 0 Å². The van der Waals surface area contributed by atoms with Crippen LogP contribution < -0.4 is 0 Å². The number of likely N-dealkylation sites (tertiary alicyclic amines) is 1. The van der Waals surface area contributed by atoms with Crippen LogP contribution >= 0.6 is 15.9 Å². The minimum atomic E-state index is 0.338. The second-order valence-corrected chi connectivity index (χ2v) is 4.90. The number of carbonyl (C=O) groups is 1. The molecule has 0 bridgehead atoms. The number of carbonyl (C=O) groups excluding carboxylic acids is 1. The van der Waals surface area contributed by atoms with E-state index in [4.69, 9.17) is 0 Å². The number of ketones is 1. The Bertz CT molecular complexity index is 360. The average molecular weight is 268 g/mol. The van der Waals surface area contributed by atoms with Crippen LogP contribution in [0.15, 0.2) is 28.7 Å². The molecule has 0 aromatic heterocycles. The van der Waals surface area contributed by atoms with Crippen LogP contribution in [-0.4, -0.2) is 23.8 Å². The van der Waals surface area contributed by atoms with Crippen molar-refractivity contribution in [3.63, 3.8) is 0 Å². The molecule has 1 atom stereocenters. The number of hydrogen-bond acceptors (Lipinski definition) is 2. The van der Waals surface area contributed by atoms with Crippen molar-refractivity contribution in [3.8, 4) is 0 Å². The first kappa shape index (κ1) is 10.8. The molecule has 1 aliphatic heterocycles. The Hall–Kier alpha value is -0.670. The standard InChI is InChI=1S/C12H14BrNO/c1-9(14-7-6-12(15)8-14)10-2-4-11(13)5-3-10/h2-5,9H,6-8H2,1H3. The minimum Gasteiger partial charge on any atom is -0.298 e. The van der Waals surface area contributed by atoms with Gasteiger partial charge in [0.2, 0.25) is 0 Å². The van der Waals surface area contributed by atoms with Crippen LogP contribution in [0, 0.1) is 0 Å². The number of benzene rings is 1. The zero-order valence-electron chi connectivity index (χ0n) is 8.74. The van der Waals surface area contributed by atoms with Gasteiger partial charge >= 0.3 is 0 Å². The van der Waals surface area contributed by atoms with Crippen molar-refractivity contribution in [1.82, 2.24) is 4.90 Å². The maximum atomic E-state index is 11.2. The molecule has 0 amide bonds. The largest absolute Gasteiger partial charge is 0.298 e. The van der Waals surface area contributed by atoms with Crippen molar-refractivity contribution in [1.29, 1.82) is 0 Å². The monoisotopic (exact) mass is 267 g/mol. The minimum absolute atomic E-state index is 0.338. The first-order valence-electron chi connectivity index (χ1n) is 5.18. The molecular formula is C12H14BrNO. The lowest BCUT2D eigenvalue weighted by Crippen LogP contribution is -2.24. The Labute approximate surface area is 98.4 Å². The lowest BCUT2D eigenvalue weighted by molar-refractivity contribution is -0.117. The summed E-state index contributed by atoms with van der Waals surface area (Å²) in [4.78, 5) is 13.4. The van der Waals surface area contributed by atoms with Gasteiger partial charge in [-0.15, -0.1) is 0 Å². The molecule has 2 nitrogen and oxygen atoms in total. The molecule has 2 rings (SSSR count). The first-order valence-corrected chi connectivity index (χ1v) is 5.97. The van der Waals surface area contributed by atoms with Gasteiger partial charge < -0.3 is 0 Å². The maximum Gasteiger partial charge on any atom is 0.148 e. The van der Waals surface area contributed by atoms with E-state index in [0.29, 0.717) is 24.8 Å². The van der Waals surface area contributed by atoms with Crippen molar-refractivity contribution < 1.29 is 4.79 Å². The zero-order valence-corrected chi connectivity index (χ0v) is 10.3. The molecule has 0 N–H and O–H groups in total. The van der Waals surface area contributed by atoms with E-state index in [1.165, 1.54) is 5.56 Å². The summed E-state index contributed by atoms with van der Waals surface area (Å²) in [6.07, 6.45) is 0.709. The fraction of sp³-hybridized carbons (Fsp3) is 0.417. The van der Waals surface area contributed by atoms with Gasteiger partial charge in [0.25, 0.3) is 0 Å². The van der Waals surface area contributed by atoms with Crippen LogP contribution in [0.4, 0.5) is 0 Å². The topological polar surface area (TPSA) is 20.3 Å². The quantitative estimate of drug-likeness (QED) is 0.822. The van der Waals surface area contributed by atoms with Crippen molar-refractivity contribution in [3.05, 3.63) is 34.3 Å². The number of nitrogens with zero attached hydrogens (tertiary/aromatic N) is 1. The normalized spacial score (nSPS) is 19.5. The van der Waals surface area contributed by atoms with E-state index in [2.05, 4.69) is 39.9 Å². The lowest BCUT2D eigenvalue weighted by Gasteiger charge is -2.23. The van der Waals surface area contributed by atoms with Crippen LogP contribution in [0.1, 0.15) is 24.9 Å². The van der Waals surface area contributed by atoms with E-state index in [1.54, 1.807) is 0 Å². The Kier molecular flexibility index (Phi) is 3.22. The number of rotatable bonds is 2. The van der Waals surface area contributed by atoms with Crippen molar-refractivity contribution >= 4 is 21.7 Å². The van der Waals surface area contributed by atoms with Crippen molar-refractivity contribution in [2.75, 3.05) is 13.1 Å². The molecule has 0 radical (unpaired) electrons. The van der Waals surface area contributed by atoms with E-state index in [0.717, 1.165) is 11.0 Å². The highest BCUT2D eigenvalue weighted by atomic mass is 79.9. The van der Waals surface area contributed by atoms with E-state index < -0.39 is 0 Å². The highest BCUT2D eigenvalue weighted by Gasteiger charge is 2.24. The van der Waals surface area contributed by atoms with Gasteiger partial charge in [-0.05, 0) is 24.6 Å². The van der Waals surface area contributed by atoms with E-state index in [9.17, 15) is 4.79 Å². The molecule has 1 aromatic carbocycles. The van der Waals surface area contributed by atoms with Gasteiger partial charge in [-0.3, -0.25) is 9.69 Å². The molecule has 0 aliphatic carbocycles. The molecule has 0 spiro atoms. The Balaban J connectivity index is 2.10. The molecule has 1 aliphatic rings. The van der Waals surface area contributed by atoms with Crippen LogP contribution in [0.5, 0.6) is 0 Å². The van der Waals surface area contributed by atoms with Crippen molar-refractivity contribution in [2.45, 2.75) is 19.4 Å². The highest BCUT2D eigenvalue weighted by Crippen LogP contribution is 2.24. The summed E-state index contributed by atoms with van der Waals surface area (Å²) in [5, 5.41) is 0. The molecule has 3 heteroatoms. The van der Waals surface area contributed by atoms with Gasteiger partial charge in [0.05, 0.1) is 6.54 Å². The molecule has 1 aromatic rings. The summed E-state index contributed by atoms with van der Waals surface area (Å²) >= 11 is 3.42. The summed E-state index contributed by atoms with van der Waals surface area (Å²) in [5.41, 5.74) is 1.27. The Morgan fingerprint density at radius 3 is 2.53 bits per heavy atom. The molecular weight excluding hydrogens is 254 g/mol. The summed E-state index contributed by atoms with van der Waals surface area (Å²) in [6, 6.07) is 8.65. The molecule has 15 heavy (non-hydrogen) atoms. The predicted molar refractivity (Wildman–Crippen MR) is 63.8 cm³/mol. The SMILES string of the molecule is CC(c1ccc(Br)cc1)N1CCC(=O)C1. The fourth-order valence-corrected chi connectivity index (χ4v) is 2.20. The Morgan fingerprint density at radius 2 is 2.00 bits per heavy atom. The van der Waals surface area contributed by atoms with E-state index in [1.807, 2.05) is 12.1 Å². The van der Waals surface area contributed by atoms with E-state index in [-0.39, 0.29) is 0 Å². The first-order chi connectivity index (χ1) is 7.16. The molecule has 1 heterocycles. The predicted octanol–water partition coefficient (Wildman–Crippen LogP) is 2.78. The molecule has 0 saturated carbocycles. The average Bonchev–Trinajstić information content (AvgIpc) is 2.65. The summed E-state index contributed by atoms with van der Waals surface area (Å²) < 4.78 is 1.09. The second-order valence-electron chi connectivity index (χ2n) is 3.99. The fourth-order valence-electron chi connectivity index (χ4n) is 1.94. The molecule has 1 unspecified atom stereocenters. The third-order valence-corrected chi connectivity index (χ3v) is 3.49. The lowest BCUT2D eigenvalue weighted by atomic mass is 10.1. The van der Waals surface area contributed by atoms with Crippen LogP contribution in [0.3, 0.4) is 0 Å². The van der Waals surface area contributed by atoms with Crippen molar-refractivity contribution in [2.24, 2.45) is 0 Å². The van der Waals surface area contributed by atoms with Gasteiger partial charge in [0.1, 0.15) is 5.78 Å². The molecule has 1 saturated heterocycles. The van der Waals surface area contributed by atoms with Crippen LogP contribution in [-0.2, 0) is 4.79 Å². The van der Waals surface area contributed by atoms with Gasteiger partial charge in [-0.1, -0.05) is 28.1 Å². The molecule has 80 valence electrons. The zero-order chi connectivity index (χ0) is 10.8. The number of hydrogen-bond donors (Lipinski definition) is 0. The van der Waals surface area contributed by atoms with E-state index >= 15 is 0 Å². The summed E-state index contributed by atoms with van der Waals surface area (Å²) in [5.74, 6) is 0.360. The summed E-state index contributed by atoms with van der Waals surface area (Å²) in [7, 11) is 0. The third kappa shape index (κ3) is 2.47. The van der Waals surface area contributed by atoms with Gasteiger partial charge in [-0.2, -0.15) is 0 Å². The summed E-state index contributed by atoms with van der Waals surface area (Å²) in [6.45, 7) is 3.66. The van der Waals surface area contributed by atoms with Gasteiger partial charge in [0, 0.05) is 23.5 Å². The van der Waals surface area contributed by atoms with Crippen LogP contribution in [0.25, 0.3) is 0 Å². The van der Waals surface area contributed by atoms with Crippen LogP contribution in [0.2, 0.25) is 0 Å². The molecule has 1 fully saturated rings. The smallest absolute Gasteiger partial charge is 0.148 e. The third-order valence-electron chi connectivity index (χ3n) is 2.96. The maximum absolute atomic E-state index is 11.2. The number of Topliss-reactive ketones (excluding diaryl/α,β-unsaturated/α-hetero) is 1.